The van der Waals surface area contributed by atoms with E-state index in [2.05, 4.69) is 41.5 Å². The van der Waals surface area contributed by atoms with E-state index < -0.39 is 0 Å². The monoisotopic (exact) mass is 222 g/mol. The first-order chi connectivity index (χ1) is 7.20. The minimum atomic E-state index is 0.457. The van der Waals surface area contributed by atoms with Gasteiger partial charge in [0.1, 0.15) is 0 Å². The van der Waals surface area contributed by atoms with Gasteiger partial charge < -0.3 is 0 Å². The van der Waals surface area contributed by atoms with Gasteiger partial charge in [0.25, 0.3) is 0 Å². The Morgan fingerprint density at radius 1 is 0.812 bits per heavy atom. The zero-order valence-corrected chi connectivity index (χ0v) is 12.2. The SMILES string of the molecule is CC1(C)CC2CCCCC2C(C)(C)C1(C)C. The third kappa shape index (κ3) is 1.48. The van der Waals surface area contributed by atoms with Gasteiger partial charge in [0.05, 0.1) is 0 Å². The van der Waals surface area contributed by atoms with Crippen LogP contribution >= 0.6 is 0 Å². The molecule has 2 atom stereocenters. The van der Waals surface area contributed by atoms with Gasteiger partial charge in [-0.1, -0.05) is 60.8 Å². The second kappa shape index (κ2) is 3.50. The van der Waals surface area contributed by atoms with E-state index in [1.807, 2.05) is 0 Å². The Morgan fingerprint density at radius 3 is 2.00 bits per heavy atom. The molecule has 2 unspecified atom stereocenters. The molecule has 0 amide bonds. The van der Waals surface area contributed by atoms with Crippen LogP contribution in [0, 0.1) is 28.1 Å². The molecule has 2 fully saturated rings. The molecule has 0 bridgehead atoms. The van der Waals surface area contributed by atoms with Gasteiger partial charge in [-0.3, -0.25) is 0 Å². The molecule has 2 aliphatic rings. The van der Waals surface area contributed by atoms with E-state index in [0.717, 1.165) is 11.8 Å². The molecule has 94 valence electrons. The van der Waals surface area contributed by atoms with Crippen molar-refractivity contribution in [2.24, 2.45) is 28.1 Å². The van der Waals surface area contributed by atoms with Crippen molar-refractivity contribution in [2.75, 3.05) is 0 Å². The predicted molar refractivity (Wildman–Crippen MR) is 71.4 cm³/mol. The van der Waals surface area contributed by atoms with Gasteiger partial charge >= 0.3 is 0 Å². The molecule has 0 saturated heterocycles. The standard InChI is InChI=1S/C16H30/c1-14(2)11-12-9-7-8-10-13(12)15(3,4)16(14,5)6/h12-13H,7-11H2,1-6H3. The molecule has 0 radical (unpaired) electrons. The quantitative estimate of drug-likeness (QED) is 0.523. The number of hydrogen-bond donors (Lipinski definition) is 0. The smallest absolute Gasteiger partial charge is 0.0249 e. The van der Waals surface area contributed by atoms with E-state index in [1.165, 1.54) is 32.1 Å². The van der Waals surface area contributed by atoms with Crippen molar-refractivity contribution in [3.8, 4) is 0 Å². The van der Waals surface area contributed by atoms with Crippen molar-refractivity contribution >= 4 is 0 Å². The molecule has 0 spiro atoms. The van der Waals surface area contributed by atoms with Gasteiger partial charge in [-0.25, -0.2) is 0 Å². The Balaban J connectivity index is 2.37. The van der Waals surface area contributed by atoms with Crippen LogP contribution in [-0.2, 0) is 0 Å². The third-order valence-electron chi connectivity index (χ3n) is 6.91. The van der Waals surface area contributed by atoms with Crippen LogP contribution < -0.4 is 0 Å². The highest BCUT2D eigenvalue weighted by atomic mass is 14.6. The molecule has 0 aromatic heterocycles. The maximum absolute atomic E-state index is 2.54. The van der Waals surface area contributed by atoms with Gasteiger partial charge in [0, 0.05) is 0 Å². The highest BCUT2D eigenvalue weighted by molar-refractivity contribution is 5.06. The summed E-state index contributed by atoms with van der Waals surface area (Å²) in [5, 5.41) is 0. The Morgan fingerprint density at radius 2 is 1.38 bits per heavy atom. The van der Waals surface area contributed by atoms with Crippen molar-refractivity contribution in [2.45, 2.75) is 73.6 Å². The Hall–Kier alpha value is 0. The van der Waals surface area contributed by atoms with Crippen LogP contribution in [0.4, 0.5) is 0 Å². The van der Waals surface area contributed by atoms with Crippen LogP contribution in [0.15, 0.2) is 0 Å². The molecule has 2 saturated carbocycles. The van der Waals surface area contributed by atoms with Crippen molar-refractivity contribution in [1.29, 1.82) is 0 Å². The van der Waals surface area contributed by atoms with Crippen LogP contribution in [0.3, 0.4) is 0 Å². The molecular formula is C16H30. The second-order valence-electron chi connectivity index (χ2n) is 8.09. The molecule has 0 aromatic carbocycles. The first-order valence-corrected chi connectivity index (χ1v) is 7.20. The van der Waals surface area contributed by atoms with E-state index in [1.54, 1.807) is 0 Å². The third-order valence-corrected chi connectivity index (χ3v) is 6.91. The van der Waals surface area contributed by atoms with Crippen molar-refractivity contribution < 1.29 is 0 Å². The Bertz CT molecular complexity index is 270. The molecule has 0 heteroatoms. The van der Waals surface area contributed by atoms with E-state index in [0.29, 0.717) is 16.2 Å². The van der Waals surface area contributed by atoms with Crippen molar-refractivity contribution in [3.63, 3.8) is 0 Å². The Kier molecular flexibility index (Phi) is 2.72. The largest absolute Gasteiger partial charge is 0.0594 e. The lowest BCUT2D eigenvalue weighted by atomic mass is 9.41. The Labute approximate surface area is 102 Å². The maximum Gasteiger partial charge on any atom is -0.0249 e. The lowest BCUT2D eigenvalue weighted by Gasteiger charge is -2.63. The van der Waals surface area contributed by atoms with Gasteiger partial charge in [0.15, 0.2) is 0 Å². The summed E-state index contributed by atoms with van der Waals surface area (Å²) in [5.41, 5.74) is 1.45. The van der Waals surface area contributed by atoms with E-state index in [-0.39, 0.29) is 0 Å². The normalized spacial score (nSPS) is 40.1. The zero-order valence-electron chi connectivity index (χ0n) is 12.2. The van der Waals surface area contributed by atoms with Crippen LogP contribution in [-0.4, -0.2) is 0 Å². The van der Waals surface area contributed by atoms with Gasteiger partial charge in [-0.2, -0.15) is 0 Å². The lowest BCUT2D eigenvalue weighted by Crippen LogP contribution is -2.56. The fraction of sp³-hybridized carbons (Fsp3) is 1.00. The van der Waals surface area contributed by atoms with E-state index in [9.17, 15) is 0 Å². The first-order valence-electron chi connectivity index (χ1n) is 7.20. The molecule has 0 aromatic rings. The summed E-state index contributed by atoms with van der Waals surface area (Å²) in [4.78, 5) is 0. The average molecular weight is 222 g/mol. The number of rotatable bonds is 0. The average Bonchev–Trinajstić information content (AvgIpc) is 2.15. The van der Waals surface area contributed by atoms with Crippen LogP contribution in [0.2, 0.25) is 0 Å². The summed E-state index contributed by atoms with van der Waals surface area (Å²) in [5.74, 6) is 1.98. The molecule has 0 heterocycles. The van der Waals surface area contributed by atoms with Crippen LogP contribution in [0.1, 0.15) is 73.6 Å². The molecule has 0 nitrogen and oxygen atoms in total. The van der Waals surface area contributed by atoms with Gasteiger partial charge in [-0.05, 0) is 40.9 Å². The molecule has 0 N–H and O–H groups in total. The minimum absolute atomic E-state index is 0.457. The summed E-state index contributed by atoms with van der Waals surface area (Å²) in [6.45, 7) is 15.1. The topological polar surface area (TPSA) is 0 Å². The minimum Gasteiger partial charge on any atom is -0.0594 e. The highest BCUT2D eigenvalue weighted by Crippen LogP contribution is 2.65. The van der Waals surface area contributed by atoms with Gasteiger partial charge in [0.2, 0.25) is 0 Å². The van der Waals surface area contributed by atoms with Gasteiger partial charge in [-0.15, -0.1) is 0 Å². The summed E-state index contributed by atoms with van der Waals surface area (Å²) in [6, 6.07) is 0. The summed E-state index contributed by atoms with van der Waals surface area (Å²) in [6.07, 6.45) is 7.38. The van der Waals surface area contributed by atoms with Crippen molar-refractivity contribution in [1.82, 2.24) is 0 Å². The fourth-order valence-corrected chi connectivity index (χ4v) is 4.65. The second-order valence-corrected chi connectivity index (χ2v) is 8.09. The molecular weight excluding hydrogens is 192 g/mol. The molecule has 2 rings (SSSR count). The molecule has 16 heavy (non-hydrogen) atoms. The predicted octanol–water partition coefficient (Wildman–Crippen LogP) is 5.28. The summed E-state index contributed by atoms with van der Waals surface area (Å²) in [7, 11) is 0. The maximum atomic E-state index is 2.54. The van der Waals surface area contributed by atoms with Crippen LogP contribution in [0.25, 0.3) is 0 Å². The van der Waals surface area contributed by atoms with Crippen LogP contribution in [0.5, 0.6) is 0 Å². The number of hydrogen-bond acceptors (Lipinski definition) is 0. The highest BCUT2D eigenvalue weighted by Gasteiger charge is 2.57. The molecule has 0 aliphatic heterocycles. The lowest BCUT2D eigenvalue weighted by molar-refractivity contribution is -0.145. The summed E-state index contributed by atoms with van der Waals surface area (Å²) >= 11 is 0. The van der Waals surface area contributed by atoms with E-state index in [4.69, 9.17) is 0 Å². The van der Waals surface area contributed by atoms with Crippen molar-refractivity contribution in [3.05, 3.63) is 0 Å². The zero-order chi connectivity index (χ0) is 12.2. The number of fused-ring (bicyclic) bond motifs is 1. The first kappa shape index (κ1) is 12.5. The fourth-order valence-electron chi connectivity index (χ4n) is 4.65. The molecule has 2 aliphatic carbocycles. The summed E-state index contributed by atoms with van der Waals surface area (Å²) < 4.78 is 0. The van der Waals surface area contributed by atoms with E-state index >= 15 is 0 Å².